The van der Waals surface area contributed by atoms with Gasteiger partial charge in [-0.3, -0.25) is 0 Å². The zero-order valence-electron chi connectivity index (χ0n) is 10.0. The van der Waals surface area contributed by atoms with Crippen LogP contribution in [0.25, 0.3) is 0 Å². The summed E-state index contributed by atoms with van der Waals surface area (Å²) in [6.45, 7) is 7.73. The molecule has 2 N–H and O–H groups in total. The second-order valence-electron chi connectivity index (χ2n) is 5.25. The molecule has 4 heteroatoms. The third-order valence-electron chi connectivity index (χ3n) is 3.77. The molecular weight excluding hydrogens is 200 g/mol. The van der Waals surface area contributed by atoms with Crippen molar-refractivity contribution in [2.75, 3.05) is 25.0 Å². The van der Waals surface area contributed by atoms with Crippen LogP contribution in [-0.2, 0) is 0 Å². The van der Waals surface area contributed by atoms with E-state index in [2.05, 4.69) is 35.2 Å². The second-order valence-corrected chi connectivity index (χ2v) is 5.25. The van der Waals surface area contributed by atoms with Crippen molar-refractivity contribution >= 4 is 5.82 Å². The molecule has 2 atom stereocenters. The van der Waals surface area contributed by atoms with Crippen LogP contribution in [0.5, 0.6) is 0 Å². The molecule has 2 aliphatic heterocycles. The van der Waals surface area contributed by atoms with Crippen LogP contribution in [0, 0.1) is 5.92 Å². The average molecular weight is 220 g/mol. The monoisotopic (exact) mass is 220 g/mol. The highest BCUT2D eigenvalue weighted by atomic mass is 15.4. The fourth-order valence-electron chi connectivity index (χ4n) is 2.76. The molecule has 0 radical (unpaired) electrons. The largest absolute Gasteiger partial charge is 0.370 e. The Balaban J connectivity index is 1.94. The molecule has 88 valence electrons. The zero-order chi connectivity index (χ0) is 11.1. The van der Waals surface area contributed by atoms with Crippen molar-refractivity contribution in [3.63, 3.8) is 0 Å². The lowest BCUT2D eigenvalue weighted by Gasteiger charge is -2.37. The predicted octanol–water partition coefficient (Wildman–Crippen LogP) is 1.58. The number of anilines is 1. The van der Waals surface area contributed by atoms with E-state index in [1.807, 2.05) is 0 Å². The van der Waals surface area contributed by atoms with Gasteiger partial charge in [-0.15, -0.1) is 0 Å². The second kappa shape index (κ2) is 3.77. The lowest BCUT2D eigenvalue weighted by Crippen LogP contribution is -2.44. The maximum Gasteiger partial charge on any atom is 0.124 e. The fraction of sp³-hybridized carbons (Fsp3) is 0.750. The van der Waals surface area contributed by atoms with Crippen LogP contribution >= 0.6 is 0 Å². The molecule has 0 bridgehead atoms. The number of nitrogens with one attached hydrogen (secondary N) is 2. The average Bonchev–Trinajstić information content (AvgIpc) is 2.73. The lowest BCUT2D eigenvalue weighted by molar-refractivity contribution is 0.236. The van der Waals surface area contributed by atoms with E-state index in [9.17, 15) is 0 Å². The smallest absolute Gasteiger partial charge is 0.124 e. The molecule has 1 aromatic heterocycles. The van der Waals surface area contributed by atoms with Crippen molar-refractivity contribution in [3.8, 4) is 0 Å². The number of rotatable bonds is 1. The molecule has 0 amide bonds. The Morgan fingerprint density at radius 2 is 2.31 bits per heavy atom. The van der Waals surface area contributed by atoms with Gasteiger partial charge in [0, 0.05) is 25.1 Å². The molecular formula is C12H20N4. The van der Waals surface area contributed by atoms with Gasteiger partial charge in [0.1, 0.15) is 5.82 Å². The molecule has 1 saturated heterocycles. The van der Waals surface area contributed by atoms with Crippen LogP contribution < -0.4 is 10.6 Å². The third kappa shape index (κ3) is 1.52. The Hall–Kier alpha value is -1.03. The Kier molecular flexibility index (Phi) is 2.39. The van der Waals surface area contributed by atoms with E-state index in [-0.39, 0.29) is 0 Å². The van der Waals surface area contributed by atoms with Crippen molar-refractivity contribution in [1.29, 1.82) is 0 Å². The SMILES string of the molecule is CC(C)c1cc2n(n1)C1CCNCC1CN2. The molecule has 0 saturated carbocycles. The normalized spacial score (nSPS) is 28.4. The number of fused-ring (bicyclic) bond motifs is 3. The number of piperidine rings is 1. The molecule has 1 aromatic rings. The number of nitrogens with zero attached hydrogens (tertiary/aromatic N) is 2. The number of aromatic nitrogens is 2. The van der Waals surface area contributed by atoms with E-state index in [0.29, 0.717) is 17.9 Å². The minimum absolute atomic E-state index is 0.514. The highest BCUT2D eigenvalue weighted by Gasteiger charge is 2.32. The first kappa shape index (κ1) is 10.1. The highest BCUT2D eigenvalue weighted by molar-refractivity contribution is 5.40. The Bertz CT molecular complexity index is 382. The summed E-state index contributed by atoms with van der Waals surface area (Å²) in [5.74, 6) is 2.42. The fourth-order valence-corrected chi connectivity index (χ4v) is 2.76. The summed E-state index contributed by atoms with van der Waals surface area (Å²) in [4.78, 5) is 0. The summed E-state index contributed by atoms with van der Waals surface area (Å²) >= 11 is 0. The van der Waals surface area contributed by atoms with Crippen molar-refractivity contribution in [1.82, 2.24) is 15.1 Å². The van der Waals surface area contributed by atoms with E-state index in [1.165, 1.54) is 17.9 Å². The van der Waals surface area contributed by atoms with Crippen LogP contribution in [0.2, 0.25) is 0 Å². The molecule has 1 fully saturated rings. The van der Waals surface area contributed by atoms with Crippen LogP contribution in [0.1, 0.15) is 37.9 Å². The highest BCUT2D eigenvalue weighted by Crippen LogP contribution is 2.33. The minimum atomic E-state index is 0.514. The molecule has 0 aromatic carbocycles. The molecule has 4 nitrogen and oxygen atoms in total. The van der Waals surface area contributed by atoms with Crippen molar-refractivity contribution < 1.29 is 0 Å². The predicted molar refractivity (Wildman–Crippen MR) is 64.8 cm³/mol. The van der Waals surface area contributed by atoms with Gasteiger partial charge < -0.3 is 10.6 Å². The van der Waals surface area contributed by atoms with Crippen LogP contribution in [0.3, 0.4) is 0 Å². The summed E-state index contributed by atoms with van der Waals surface area (Å²) in [7, 11) is 0. The van der Waals surface area contributed by atoms with E-state index in [1.54, 1.807) is 0 Å². The van der Waals surface area contributed by atoms with Crippen LogP contribution in [-0.4, -0.2) is 29.4 Å². The molecule has 3 heterocycles. The molecule has 0 spiro atoms. The maximum absolute atomic E-state index is 4.76. The lowest BCUT2D eigenvalue weighted by atomic mass is 9.92. The summed E-state index contributed by atoms with van der Waals surface area (Å²) in [5, 5.41) is 11.7. The van der Waals surface area contributed by atoms with Gasteiger partial charge in [0.25, 0.3) is 0 Å². The van der Waals surface area contributed by atoms with Gasteiger partial charge in [-0.1, -0.05) is 13.8 Å². The first-order chi connectivity index (χ1) is 7.75. The first-order valence-electron chi connectivity index (χ1n) is 6.29. The molecule has 2 aliphatic rings. The van der Waals surface area contributed by atoms with Crippen LogP contribution in [0.15, 0.2) is 6.07 Å². The van der Waals surface area contributed by atoms with Gasteiger partial charge in [-0.25, -0.2) is 4.68 Å². The van der Waals surface area contributed by atoms with Crippen molar-refractivity contribution in [3.05, 3.63) is 11.8 Å². The molecule has 0 aliphatic carbocycles. The molecule has 3 rings (SSSR count). The van der Waals surface area contributed by atoms with Gasteiger partial charge in [-0.2, -0.15) is 5.10 Å². The van der Waals surface area contributed by atoms with Gasteiger partial charge in [0.2, 0.25) is 0 Å². The Morgan fingerprint density at radius 1 is 1.44 bits per heavy atom. The summed E-state index contributed by atoms with van der Waals surface area (Å²) in [5.41, 5.74) is 1.21. The van der Waals surface area contributed by atoms with E-state index in [4.69, 9.17) is 5.10 Å². The summed E-state index contributed by atoms with van der Waals surface area (Å²) in [6.07, 6.45) is 1.21. The molecule has 16 heavy (non-hydrogen) atoms. The van der Waals surface area contributed by atoms with E-state index < -0.39 is 0 Å². The minimum Gasteiger partial charge on any atom is -0.370 e. The van der Waals surface area contributed by atoms with Gasteiger partial charge >= 0.3 is 0 Å². The van der Waals surface area contributed by atoms with Crippen molar-refractivity contribution in [2.24, 2.45) is 5.92 Å². The molecule has 2 unspecified atom stereocenters. The van der Waals surface area contributed by atoms with Gasteiger partial charge in [0.05, 0.1) is 11.7 Å². The summed E-state index contributed by atoms with van der Waals surface area (Å²) in [6, 6.07) is 2.81. The van der Waals surface area contributed by atoms with Gasteiger partial charge in [0.15, 0.2) is 0 Å². The standard InChI is InChI=1S/C12H20N4/c1-8(2)10-5-12-14-7-9-6-13-4-3-11(9)16(12)15-10/h5,8-9,11,13-14H,3-4,6-7H2,1-2H3. The number of hydrogen-bond donors (Lipinski definition) is 2. The van der Waals surface area contributed by atoms with Gasteiger partial charge in [-0.05, 0) is 18.9 Å². The Labute approximate surface area is 96.4 Å². The van der Waals surface area contributed by atoms with E-state index >= 15 is 0 Å². The first-order valence-corrected chi connectivity index (χ1v) is 6.29. The summed E-state index contributed by atoms with van der Waals surface area (Å²) < 4.78 is 2.23. The number of hydrogen-bond acceptors (Lipinski definition) is 3. The quantitative estimate of drug-likeness (QED) is 0.755. The van der Waals surface area contributed by atoms with E-state index in [0.717, 1.165) is 19.6 Å². The topological polar surface area (TPSA) is 41.9 Å². The Morgan fingerprint density at radius 3 is 3.12 bits per heavy atom. The van der Waals surface area contributed by atoms with Crippen molar-refractivity contribution in [2.45, 2.75) is 32.2 Å². The maximum atomic E-state index is 4.76. The zero-order valence-corrected chi connectivity index (χ0v) is 10.0. The van der Waals surface area contributed by atoms with Crippen LogP contribution in [0.4, 0.5) is 5.82 Å². The third-order valence-corrected chi connectivity index (χ3v) is 3.77.